The molecule has 1 aromatic carbocycles. The zero-order valence-corrected chi connectivity index (χ0v) is 12.5. The van der Waals surface area contributed by atoms with Crippen molar-refractivity contribution in [3.8, 4) is 11.8 Å². The van der Waals surface area contributed by atoms with Crippen LogP contribution >= 0.6 is 0 Å². The second-order valence-electron chi connectivity index (χ2n) is 6.16. The molecule has 2 fully saturated rings. The van der Waals surface area contributed by atoms with Crippen LogP contribution in [-0.4, -0.2) is 12.5 Å². The van der Waals surface area contributed by atoms with Crippen LogP contribution in [-0.2, 0) is 4.79 Å². The van der Waals surface area contributed by atoms with E-state index in [4.69, 9.17) is 5.73 Å². The quantitative estimate of drug-likeness (QED) is 0.819. The van der Waals surface area contributed by atoms with Crippen molar-refractivity contribution in [3.05, 3.63) is 29.3 Å². The number of nitrogens with one attached hydrogen (secondary N) is 1. The lowest BCUT2D eigenvalue weighted by atomic mass is 10.0. The molecular weight excluding hydrogens is 260 g/mol. The van der Waals surface area contributed by atoms with Crippen molar-refractivity contribution in [2.45, 2.75) is 32.6 Å². The van der Waals surface area contributed by atoms with E-state index in [0.29, 0.717) is 18.4 Å². The number of anilines is 1. The zero-order valence-electron chi connectivity index (χ0n) is 12.5. The third-order valence-electron chi connectivity index (χ3n) is 4.79. The summed E-state index contributed by atoms with van der Waals surface area (Å²) in [5.74, 6) is 7.63. The number of amides is 1. The van der Waals surface area contributed by atoms with Crippen molar-refractivity contribution in [2.75, 3.05) is 11.9 Å². The van der Waals surface area contributed by atoms with Crippen molar-refractivity contribution >= 4 is 11.6 Å². The molecule has 2 saturated carbocycles. The predicted molar refractivity (Wildman–Crippen MR) is 84.7 cm³/mol. The zero-order chi connectivity index (χ0) is 14.8. The van der Waals surface area contributed by atoms with Gasteiger partial charge in [0.1, 0.15) is 0 Å². The second-order valence-corrected chi connectivity index (χ2v) is 6.16. The SMILES string of the molecule is Cc1ccc(NC(=O)C2C3CCCCC32)cc1C#CCN. The van der Waals surface area contributed by atoms with Crippen LogP contribution in [0.4, 0.5) is 5.69 Å². The first-order valence-corrected chi connectivity index (χ1v) is 7.81. The molecule has 2 aliphatic rings. The molecule has 0 spiro atoms. The van der Waals surface area contributed by atoms with Gasteiger partial charge in [0.2, 0.25) is 5.91 Å². The standard InChI is InChI=1S/C18H22N2O/c1-12-8-9-14(11-13(12)5-4-10-19)20-18(21)17-15-6-2-3-7-16(15)17/h8-9,11,15-17H,2-3,6-7,10,19H2,1H3,(H,20,21). The molecule has 2 atom stereocenters. The first-order valence-electron chi connectivity index (χ1n) is 7.81. The molecule has 3 N–H and O–H groups in total. The molecule has 0 saturated heterocycles. The van der Waals surface area contributed by atoms with Crippen molar-refractivity contribution in [1.82, 2.24) is 0 Å². The van der Waals surface area contributed by atoms with Gasteiger partial charge in [0.05, 0.1) is 6.54 Å². The predicted octanol–water partition coefficient (Wildman–Crippen LogP) is 2.68. The van der Waals surface area contributed by atoms with Gasteiger partial charge in [0, 0.05) is 17.2 Å². The molecule has 2 unspecified atom stereocenters. The smallest absolute Gasteiger partial charge is 0.228 e. The first kappa shape index (κ1) is 14.2. The Morgan fingerprint density at radius 1 is 1.33 bits per heavy atom. The van der Waals surface area contributed by atoms with E-state index in [1.165, 1.54) is 25.7 Å². The lowest BCUT2D eigenvalue weighted by molar-refractivity contribution is -0.117. The highest BCUT2D eigenvalue weighted by molar-refractivity contribution is 5.95. The molecule has 0 aliphatic heterocycles. The molecule has 0 bridgehead atoms. The molecule has 21 heavy (non-hydrogen) atoms. The van der Waals surface area contributed by atoms with Crippen LogP contribution in [0.15, 0.2) is 18.2 Å². The lowest BCUT2D eigenvalue weighted by Crippen LogP contribution is -2.15. The summed E-state index contributed by atoms with van der Waals surface area (Å²) in [5.41, 5.74) is 8.30. The van der Waals surface area contributed by atoms with E-state index in [9.17, 15) is 4.79 Å². The Hall–Kier alpha value is -1.79. The van der Waals surface area contributed by atoms with Gasteiger partial charge in [-0.3, -0.25) is 4.79 Å². The van der Waals surface area contributed by atoms with Crippen LogP contribution in [0.5, 0.6) is 0 Å². The summed E-state index contributed by atoms with van der Waals surface area (Å²) >= 11 is 0. The number of rotatable bonds is 2. The molecule has 3 heteroatoms. The van der Waals surface area contributed by atoms with E-state index >= 15 is 0 Å². The first-order chi connectivity index (χ1) is 10.2. The van der Waals surface area contributed by atoms with Gasteiger partial charge in [0.15, 0.2) is 0 Å². The number of carbonyl (C=O) groups is 1. The van der Waals surface area contributed by atoms with Crippen LogP contribution in [0.1, 0.15) is 36.8 Å². The van der Waals surface area contributed by atoms with E-state index < -0.39 is 0 Å². The van der Waals surface area contributed by atoms with E-state index in [-0.39, 0.29) is 11.8 Å². The summed E-state index contributed by atoms with van der Waals surface area (Å²) in [6.07, 6.45) is 5.02. The molecule has 3 nitrogen and oxygen atoms in total. The summed E-state index contributed by atoms with van der Waals surface area (Å²) in [6.45, 7) is 2.36. The number of nitrogens with two attached hydrogens (primary N) is 1. The minimum Gasteiger partial charge on any atom is -0.326 e. The van der Waals surface area contributed by atoms with Crippen LogP contribution < -0.4 is 11.1 Å². The fourth-order valence-corrected chi connectivity index (χ4v) is 3.59. The normalized spacial score (nSPS) is 26.3. The molecule has 0 radical (unpaired) electrons. The summed E-state index contributed by atoms with van der Waals surface area (Å²) in [7, 11) is 0. The van der Waals surface area contributed by atoms with Gasteiger partial charge >= 0.3 is 0 Å². The van der Waals surface area contributed by atoms with Crippen molar-refractivity contribution < 1.29 is 4.79 Å². The average molecular weight is 282 g/mol. The van der Waals surface area contributed by atoms with Crippen molar-refractivity contribution in [1.29, 1.82) is 0 Å². The Labute approximate surface area is 126 Å². The number of carbonyl (C=O) groups excluding carboxylic acids is 1. The van der Waals surface area contributed by atoms with Crippen LogP contribution in [0, 0.1) is 36.5 Å². The Morgan fingerprint density at radius 2 is 2.05 bits per heavy atom. The van der Waals surface area contributed by atoms with Gasteiger partial charge in [-0.2, -0.15) is 0 Å². The van der Waals surface area contributed by atoms with Crippen LogP contribution in [0.25, 0.3) is 0 Å². The van der Waals surface area contributed by atoms with Gasteiger partial charge in [-0.05, 0) is 49.3 Å². The maximum Gasteiger partial charge on any atom is 0.228 e. The summed E-state index contributed by atoms with van der Waals surface area (Å²) in [4.78, 5) is 12.4. The molecule has 1 amide bonds. The fourth-order valence-electron chi connectivity index (χ4n) is 3.59. The number of benzene rings is 1. The highest BCUT2D eigenvalue weighted by Crippen LogP contribution is 2.55. The molecule has 1 aromatic rings. The van der Waals surface area contributed by atoms with Gasteiger partial charge in [-0.25, -0.2) is 0 Å². The van der Waals surface area contributed by atoms with Gasteiger partial charge in [-0.15, -0.1) is 0 Å². The average Bonchev–Trinajstić information content (AvgIpc) is 3.22. The largest absolute Gasteiger partial charge is 0.326 e. The van der Waals surface area contributed by atoms with E-state index in [1.54, 1.807) is 0 Å². The second kappa shape index (κ2) is 5.91. The van der Waals surface area contributed by atoms with Crippen LogP contribution in [0.2, 0.25) is 0 Å². The monoisotopic (exact) mass is 282 g/mol. The molecule has 0 heterocycles. The molecule has 110 valence electrons. The number of fused-ring (bicyclic) bond motifs is 1. The molecule has 0 aromatic heterocycles. The van der Waals surface area contributed by atoms with Crippen molar-refractivity contribution in [3.63, 3.8) is 0 Å². The Morgan fingerprint density at radius 3 is 2.71 bits per heavy atom. The van der Waals surface area contributed by atoms with Crippen molar-refractivity contribution in [2.24, 2.45) is 23.5 Å². The Bertz CT molecular complexity index is 599. The fraction of sp³-hybridized carbons (Fsp3) is 0.500. The van der Waals surface area contributed by atoms with E-state index in [2.05, 4.69) is 17.2 Å². The third kappa shape index (κ3) is 2.96. The summed E-state index contributed by atoms with van der Waals surface area (Å²) < 4.78 is 0. The Kier molecular flexibility index (Phi) is 3.98. The third-order valence-corrected chi connectivity index (χ3v) is 4.79. The highest BCUT2D eigenvalue weighted by Gasteiger charge is 2.54. The number of hydrogen-bond donors (Lipinski definition) is 2. The molecule has 2 aliphatic carbocycles. The van der Waals surface area contributed by atoms with E-state index in [0.717, 1.165) is 16.8 Å². The molecule has 3 rings (SSSR count). The van der Waals surface area contributed by atoms with E-state index in [1.807, 2.05) is 25.1 Å². The van der Waals surface area contributed by atoms with Gasteiger partial charge < -0.3 is 11.1 Å². The Balaban J connectivity index is 1.69. The minimum absolute atomic E-state index is 0.188. The highest BCUT2D eigenvalue weighted by atomic mass is 16.2. The number of aryl methyl sites for hydroxylation is 1. The topological polar surface area (TPSA) is 55.1 Å². The van der Waals surface area contributed by atoms with Gasteiger partial charge in [0.25, 0.3) is 0 Å². The molecular formula is C18H22N2O. The van der Waals surface area contributed by atoms with Crippen LogP contribution in [0.3, 0.4) is 0 Å². The van der Waals surface area contributed by atoms with Gasteiger partial charge in [-0.1, -0.05) is 30.7 Å². The summed E-state index contributed by atoms with van der Waals surface area (Å²) in [6, 6.07) is 5.89. The number of hydrogen-bond acceptors (Lipinski definition) is 2. The lowest BCUT2D eigenvalue weighted by Gasteiger charge is -2.07. The maximum atomic E-state index is 12.4. The minimum atomic E-state index is 0.188. The maximum absolute atomic E-state index is 12.4. The summed E-state index contributed by atoms with van der Waals surface area (Å²) in [5, 5.41) is 3.07.